The molecule has 1 fully saturated rings. The highest BCUT2D eigenvalue weighted by atomic mass is 16.5. The molecule has 0 saturated carbocycles. The largest absolute Gasteiger partial charge is 0.377 e. The number of ether oxygens (including phenoxy) is 1. The van der Waals surface area contributed by atoms with Crippen LogP contribution in [0.2, 0.25) is 0 Å². The van der Waals surface area contributed by atoms with Crippen LogP contribution < -0.4 is 0 Å². The maximum Gasteiger partial charge on any atom is 0.138 e. The predicted octanol–water partition coefficient (Wildman–Crippen LogP) is 4.12. The van der Waals surface area contributed by atoms with Gasteiger partial charge in [-0.2, -0.15) is 0 Å². The van der Waals surface area contributed by atoms with Crippen molar-refractivity contribution in [3.63, 3.8) is 0 Å². The fourth-order valence-electron chi connectivity index (χ4n) is 2.47. The van der Waals surface area contributed by atoms with Gasteiger partial charge < -0.3 is 4.74 Å². The van der Waals surface area contributed by atoms with Gasteiger partial charge >= 0.3 is 0 Å². The summed E-state index contributed by atoms with van der Waals surface area (Å²) >= 11 is 0. The highest BCUT2D eigenvalue weighted by Gasteiger charge is 2.25. The van der Waals surface area contributed by atoms with E-state index in [4.69, 9.17) is 4.74 Å². The molecule has 0 aromatic rings. The van der Waals surface area contributed by atoms with Crippen LogP contribution in [-0.2, 0) is 9.53 Å². The molecule has 0 bridgehead atoms. The third-order valence-electron chi connectivity index (χ3n) is 3.73. The molecule has 2 unspecified atom stereocenters. The van der Waals surface area contributed by atoms with Gasteiger partial charge in [-0.15, -0.1) is 0 Å². The molecule has 1 aliphatic heterocycles. The average molecular weight is 240 g/mol. The minimum absolute atomic E-state index is 0.199. The van der Waals surface area contributed by atoms with E-state index in [1.165, 1.54) is 32.1 Å². The first-order chi connectivity index (χ1) is 8.27. The summed E-state index contributed by atoms with van der Waals surface area (Å²) in [4.78, 5) is 11.9. The fraction of sp³-hybridized carbons (Fsp3) is 0.933. The molecular weight excluding hydrogens is 212 g/mol. The normalized spacial score (nSPS) is 24.8. The minimum Gasteiger partial charge on any atom is -0.377 e. The first kappa shape index (κ1) is 14.7. The van der Waals surface area contributed by atoms with Crippen molar-refractivity contribution in [1.29, 1.82) is 0 Å². The van der Waals surface area contributed by atoms with Crippen LogP contribution >= 0.6 is 0 Å². The molecule has 1 rings (SSSR count). The van der Waals surface area contributed by atoms with Gasteiger partial charge in [0.25, 0.3) is 0 Å². The molecule has 0 aromatic heterocycles. The van der Waals surface area contributed by atoms with Gasteiger partial charge in [0.15, 0.2) is 0 Å². The zero-order chi connectivity index (χ0) is 12.5. The lowest BCUT2D eigenvalue weighted by Crippen LogP contribution is -2.30. The number of hydrogen-bond donors (Lipinski definition) is 0. The van der Waals surface area contributed by atoms with Gasteiger partial charge in [0.2, 0.25) is 0 Å². The molecule has 1 saturated heterocycles. The number of carbonyl (C=O) groups excluding carboxylic acids is 1. The van der Waals surface area contributed by atoms with Gasteiger partial charge in [-0.25, -0.2) is 0 Å². The highest BCUT2D eigenvalue weighted by Crippen LogP contribution is 2.24. The fourth-order valence-corrected chi connectivity index (χ4v) is 2.47. The van der Waals surface area contributed by atoms with E-state index in [-0.39, 0.29) is 5.92 Å². The van der Waals surface area contributed by atoms with E-state index in [9.17, 15) is 4.79 Å². The second-order valence-electron chi connectivity index (χ2n) is 5.30. The van der Waals surface area contributed by atoms with E-state index in [2.05, 4.69) is 13.8 Å². The summed E-state index contributed by atoms with van der Waals surface area (Å²) in [7, 11) is 0. The zero-order valence-electron chi connectivity index (χ0n) is 11.5. The molecule has 0 N–H and O–H groups in total. The van der Waals surface area contributed by atoms with Crippen molar-refractivity contribution in [2.45, 2.75) is 77.7 Å². The Morgan fingerprint density at radius 3 is 2.47 bits per heavy atom. The maximum atomic E-state index is 11.9. The molecular formula is C15H28O2. The number of Topliss-reactive ketones (excluding diaryl/α,β-unsaturated/α-hetero) is 1. The third-order valence-corrected chi connectivity index (χ3v) is 3.73. The predicted molar refractivity (Wildman–Crippen MR) is 71.1 cm³/mol. The molecule has 100 valence electrons. The Balaban J connectivity index is 2.15. The van der Waals surface area contributed by atoms with Crippen molar-refractivity contribution < 1.29 is 9.53 Å². The Morgan fingerprint density at radius 1 is 1.12 bits per heavy atom. The highest BCUT2D eigenvalue weighted by molar-refractivity contribution is 5.81. The topological polar surface area (TPSA) is 26.3 Å². The molecule has 0 spiro atoms. The zero-order valence-corrected chi connectivity index (χ0v) is 11.5. The van der Waals surface area contributed by atoms with Crippen molar-refractivity contribution in [1.82, 2.24) is 0 Å². The van der Waals surface area contributed by atoms with Crippen molar-refractivity contribution >= 4 is 5.78 Å². The van der Waals surface area contributed by atoms with Crippen LogP contribution in [0.25, 0.3) is 0 Å². The summed E-state index contributed by atoms with van der Waals surface area (Å²) < 4.78 is 5.80. The number of hydrogen-bond acceptors (Lipinski definition) is 2. The second-order valence-corrected chi connectivity index (χ2v) is 5.30. The Hall–Kier alpha value is -0.370. The second kappa shape index (κ2) is 8.68. The minimum atomic E-state index is 0.199. The quantitative estimate of drug-likeness (QED) is 0.596. The first-order valence-electron chi connectivity index (χ1n) is 7.42. The van der Waals surface area contributed by atoms with E-state index in [1.807, 2.05) is 0 Å². The summed E-state index contributed by atoms with van der Waals surface area (Å²) in [5, 5.41) is 0. The van der Waals surface area contributed by atoms with Crippen molar-refractivity contribution in [2.24, 2.45) is 5.92 Å². The SMILES string of the molecule is CCCCCC(=O)C1CCC(CCCC)OC1. The molecule has 2 atom stereocenters. The van der Waals surface area contributed by atoms with Crippen LogP contribution in [0, 0.1) is 5.92 Å². The van der Waals surface area contributed by atoms with Crippen molar-refractivity contribution in [3.8, 4) is 0 Å². The van der Waals surface area contributed by atoms with E-state index < -0.39 is 0 Å². The Bertz CT molecular complexity index is 205. The molecule has 0 aromatic carbocycles. The van der Waals surface area contributed by atoms with Crippen LogP contribution in [0.1, 0.15) is 71.6 Å². The van der Waals surface area contributed by atoms with E-state index in [1.54, 1.807) is 0 Å². The van der Waals surface area contributed by atoms with Crippen LogP contribution in [0.3, 0.4) is 0 Å². The average Bonchev–Trinajstić information content (AvgIpc) is 2.37. The molecule has 0 radical (unpaired) electrons. The van der Waals surface area contributed by atoms with Gasteiger partial charge in [0.05, 0.1) is 12.7 Å². The van der Waals surface area contributed by atoms with Crippen LogP contribution in [0.15, 0.2) is 0 Å². The molecule has 1 aliphatic rings. The lowest BCUT2D eigenvalue weighted by molar-refractivity contribution is -0.129. The Kier molecular flexibility index (Phi) is 7.50. The number of carbonyl (C=O) groups is 1. The van der Waals surface area contributed by atoms with E-state index in [0.717, 1.165) is 25.7 Å². The number of ketones is 1. The van der Waals surface area contributed by atoms with Crippen LogP contribution in [0.4, 0.5) is 0 Å². The van der Waals surface area contributed by atoms with E-state index in [0.29, 0.717) is 18.5 Å². The van der Waals surface area contributed by atoms with Crippen LogP contribution in [0.5, 0.6) is 0 Å². The van der Waals surface area contributed by atoms with Gasteiger partial charge in [0, 0.05) is 12.3 Å². The van der Waals surface area contributed by atoms with Crippen molar-refractivity contribution in [3.05, 3.63) is 0 Å². The lowest BCUT2D eigenvalue weighted by Gasteiger charge is -2.28. The Morgan fingerprint density at radius 2 is 1.88 bits per heavy atom. The summed E-state index contributed by atoms with van der Waals surface area (Å²) in [6.45, 7) is 5.06. The standard InChI is InChI=1S/C15H28O2/c1-3-5-7-9-15(16)13-10-11-14(17-12-13)8-6-4-2/h13-14H,3-12H2,1-2H3. The molecule has 2 heteroatoms. The summed E-state index contributed by atoms with van der Waals surface area (Å²) in [5.74, 6) is 0.636. The number of rotatable bonds is 8. The smallest absolute Gasteiger partial charge is 0.138 e. The molecule has 17 heavy (non-hydrogen) atoms. The monoisotopic (exact) mass is 240 g/mol. The molecule has 0 amide bonds. The van der Waals surface area contributed by atoms with Gasteiger partial charge in [0.1, 0.15) is 5.78 Å². The lowest BCUT2D eigenvalue weighted by atomic mass is 9.90. The van der Waals surface area contributed by atoms with Gasteiger partial charge in [-0.3, -0.25) is 4.79 Å². The van der Waals surface area contributed by atoms with Gasteiger partial charge in [-0.05, 0) is 25.7 Å². The van der Waals surface area contributed by atoms with Crippen molar-refractivity contribution in [2.75, 3.05) is 6.61 Å². The van der Waals surface area contributed by atoms with E-state index >= 15 is 0 Å². The third kappa shape index (κ3) is 5.67. The number of unbranched alkanes of at least 4 members (excludes halogenated alkanes) is 3. The summed E-state index contributed by atoms with van der Waals surface area (Å²) in [5.41, 5.74) is 0. The molecule has 0 aliphatic carbocycles. The van der Waals surface area contributed by atoms with Gasteiger partial charge in [-0.1, -0.05) is 39.5 Å². The van der Waals surface area contributed by atoms with Crippen LogP contribution in [-0.4, -0.2) is 18.5 Å². The summed E-state index contributed by atoms with van der Waals surface area (Å²) in [6, 6.07) is 0. The molecule has 2 nitrogen and oxygen atoms in total. The Labute approximate surface area is 106 Å². The first-order valence-corrected chi connectivity index (χ1v) is 7.42. The maximum absolute atomic E-state index is 11.9. The summed E-state index contributed by atoms with van der Waals surface area (Å²) in [6.07, 6.45) is 10.4. The molecule has 1 heterocycles.